The molecule has 2 rings (SSSR count). The lowest BCUT2D eigenvalue weighted by Crippen LogP contribution is -2.48. The summed E-state index contributed by atoms with van der Waals surface area (Å²) in [4.78, 5) is 6.86. The third kappa shape index (κ3) is 1.78. The Morgan fingerprint density at radius 1 is 1.47 bits per heavy atom. The van der Waals surface area contributed by atoms with Crippen LogP contribution >= 0.6 is 0 Å². The Morgan fingerprint density at radius 3 is 2.87 bits per heavy atom. The molecule has 1 aliphatic heterocycles. The summed E-state index contributed by atoms with van der Waals surface area (Å²) in [5.74, 6) is 0. The molecule has 0 saturated carbocycles. The Balaban J connectivity index is 2.42. The number of hydrogen-bond acceptors (Lipinski definition) is 3. The average molecular weight is 205 g/mol. The van der Waals surface area contributed by atoms with Crippen LogP contribution in [0.15, 0.2) is 28.5 Å². The van der Waals surface area contributed by atoms with Gasteiger partial charge >= 0.3 is 0 Å². The molecule has 0 fully saturated rings. The zero-order valence-corrected chi connectivity index (χ0v) is 9.70. The molecule has 15 heavy (non-hydrogen) atoms. The first kappa shape index (κ1) is 10.3. The Hall–Kier alpha value is -1.25. The molecule has 82 valence electrons. The summed E-state index contributed by atoms with van der Waals surface area (Å²) in [5.41, 5.74) is 8.24. The topological polar surface area (TPSA) is 41.6 Å². The van der Waals surface area contributed by atoms with Crippen molar-refractivity contribution in [2.75, 3.05) is 6.54 Å². The van der Waals surface area contributed by atoms with Gasteiger partial charge in [-0.05, 0) is 33.3 Å². The first-order chi connectivity index (χ1) is 7.00. The van der Waals surface area contributed by atoms with Crippen molar-refractivity contribution in [3.63, 3.8) is 0 Å². The zero-order chi connectivity index (χ0) is 11.1. The van der Waals surface area contributed by atoms with Gasteiger partial charge < -0.3 is 10.6 Å². The molecule has 2 N–H and O–H groups in total. The molecular formula is C12H19N3. The second kappa shape index (κ2) is 3.40. The van der Waals surface area contributed by atoms with Crippen LogP contribution in [0.5, 0.6) is 0 Å². The first-order valence-electron chi connectivity index (χ1n) is 5.45. The summed E-state index contributed by atoms with van der Waals surface area (Å²) in [7, 11) is 0. The van der Waals surface area contributed by atoms with Crippen molar-refractivity contribution in [1.82, 2.24) is 4.90 Å². The van der Waals surface area contributed by atoms with Crippen molar-refractivity contribution in [2.45, 2.75) is 38.8 Å². The van der Waals surface area contributed by atoms with Crippen LogP contribution in [0.1, 0.15) is 27.2 Å². The number of allylic oxidation sites excluding steroid dienone is 1. The summed E-state index contributed by atoms with van der Waals surface area (Å²) in [5, 5.41) is 0. The van der Waals surface area contributed by atoms with E-state index >= 15 is 0 Å². The molecule has 0 amide bonds. The number of fused-ring (bicyclic) bond motifs is 1. The first-order valence-corrected chi connectivity index (χ1v) is 5.45. The van der Waals surface area contributed by atoms with Crippen LogP contribution in [-0.2, 0) is 0 Å². The standard InChI is InChI=1S/C12H19N3/c1-12(2,3)15-8-7-14-10-6-4-5-9(13)11(10)15/h4-5,7,10H,6,8,13H2,1-3H3/t10-/m0/s1. The minimum absolute atomic E-state index is 0.107. The van der Waals surface area contributed by atoms with E-state index < -0.39 is 0 Å². The molecule has 1 heterocycles. The van der Waals surface area contributed by atoms with Gasteiger partial charge in [0.15, 0.2) is 0 Å². The molecule has 0 aromatic heterocycles. The predicted molar refractivity (Wildman–Crippen MR) is 63.7 cm³/mol. The van der Waals surface area contributed by atoms with E-state index in [-0.39, 0.29) is 11.6 Å². The minimum atomic E-state index is 0.107. The molecule has 1 aliphatic carbocycles. The van der Waals surface area contributed by atoms with Gasteiger partial charge in [-0.1, -0.05) is 6.08 Å². The van der Waals surface area contributed by atoms with Gasteiger partial charge in [0, 0.05) is 11.8 Å². The van der Waals surface area contributed by atoms with Crippen molar-refractivity contribution >= 4 is 6.21 Å². The van der Waals surface area contributed by atoms with Crippen LogP contribution in [0.25, 0.3) is 0 Å². The maximum absolute atomic E-state index is 6.05. The second-order valence-electron chi connectivity index (χ2n) is 5.11. The SMILES string of the molecule is CC(C)(C)N1CC=N[C@H]2CC=CC(N)=C21. The number of hydrogen-bond donors (Lipinski definition) is 1. The zero-order valence-electron chi connectivity index (χ0n) is 9.70. The van der Waals surface area contributed by atoms with Gasteiger partial charge in [0.05, 0.1) is 24.0 Å². The maximum atomic E-state index is 6.05. The summed E-state index contributed by atoms with van der Waals surface area (Å²) in [6, 6.07) is 0.239. The van der Waals surface area contributed by atoms with Crippen LogP contribution < -0.4 is 5.73 Å². The molecule has 3 nitrogen and oxygen atoms in total. The molecular weight excluding hydrogens is 186 g/mol. The van der Waals surface area contributed by atoms with E-state index in [4.69, 9.17) is 5.73 Å². The fourth-order valence-corrected chi connectivity index (χ4v) is 2.17. The lowest BCUT2D eigenvalue weighted by molar-refractivity contribution is 0.191. The summed E-state index contributed by atoms with van der Waals surface area (Å²) < 4.78 is 0. The van der Waals surface area contributed by atoms with Gasteiger partial charge in [0.1, 0.15) is 0 Å². The Kier molecular flexibility index (Phi) is 2.33. The minimum Gasteiger partial charge on any atom is -0.397 e. The fraction of sp³-hybridized carbons (Fsp3) is 0.583. The van der Waals surface area contributed by atoms with Crippen LogP contribution in [0.2, 0.25) is 0 Å². The van der Waals surface area contributed by atoms with E-state index in [2.05, 4.69) is 36.7 Å². The molecule has 3 heteroatoms. The predicted octanol–water partition coefficient (Wildman–Crippen LogP) is 1.67. The third-order valence-electron chi connectivity index (χ3n) is 2.92. The van der Waals surface area contributed by atoms with Gasteiger partial charge in [-0.2, -0.15) is 0 Å². The third-order valence-corrected chi connectivity index (χ3v) is 2.92. The second-order valence-corrected chi connectivity index (χ2v) is 5.11. The number of aliphatic imine (C=N–C) groups is 1. The highest BCUT2D eigenvalue weighted by Gasteiger charge is 2.32. The van der Waals surface area contributed by atoms with Crippen molar-refractivity contribution in [3.05, 3.63) is 23.5 Å². The largest absolute Gasteiger partial charge is 0.397 e. The highest BCUT2D eigenvalue weighted by Crippen LogP contribution is 2.30. The van der Waals surface area contributed by atoms with Crippen molar-refractivity contribution in [1.29, 1.82) is 0 Å². The van der Waals surface area contributed by atoms with Crippen molar-refractivity contribution < 1.29 is 0 Å². The summed E-state index contributed by atoms with van der Waals surface area (Å²) in [6.07, 6.45) is 7.09. The lowest BCUT2D eigenvalue weighted by atomic mass is 9.95. The molecule has 0 saturated heterocycles. The van der Waals surface area contributed by atoms with E-state index in [0.717, 1.165) is 18.7 Å². The maximum Gasteiger partial charge on any atom is 0.0948 e. The molecule has 0 unspecified atom stereocenters. The quantitative estimate of drug-likeness (QED) is 0.653. The van der Waals surface area contributed by atoms with Crippen LogP contribution in [0.4, 0.5) is 0 Å². The van der Waals surface area contributed by atoms with E-state index in [1.54, 1.807) is 0 Å². The fourth-order valence-electron chi connectivity index (χ4n) is 2.17. The van der Waals surface area contributed by atoms with E-state index in [1.165, 1.54) is 5.70 Å². The van der Waals surface area contributed by atoms with Gasteiger partial charge in [-0.25, -0.2) is 0 Å². The molecule has 2 aliphatic rings. The monoisotopic (exact) mass is 205 g/mol. The highest BCUT2D eigenvalue weighted by atomic mass is 15.2. The molecule has 0 bridgehead atoms. The number of rotatable bonds is 0. The molecule has 0 spiro atoms. The van der Waals surface area contributed by atoms with E-state index in [9.17, 15) is 0 Å². The normalized spacial score (nSPS) is 25.8. The summed E-state index contributed by atoms with van der Waals surface area (Å²) in [6.45, 7) is 7.50. The highest BCUT2D eigenvalue weighted by molar-refractivity contribution is 5.63. The van der Waals surface area contributed by atoms with Gasteiger partial charge in [0.2, 0.25) is 0 Å². The molecule has 1 atom stereocenters. The molecule has 0 radical (unpaired) electrons. The lowest BCUT2D eigenvalue weighted by Gasteiger charge is -2.43. The van der Waals surface area contributed by atoms with Crippen molar-refractivity contribution in [2.24, 2.45) is 10.7 Å². The smallest absolute Gasteiger partial charge is 0.0948 e. The molecule has 0 aromatic carbocycles. The molecule has 0 aromatic rings. The summed E-state index contributed by atoms with van der Waals surface area (Å²) >= 11 is 0. The van der Waals surface area contributed by atoms with Gasteiger partial charge in [0.25, 0.3) is 0 Å². The van der Waals surface area contributed by atoms with Gasteiger partial charge in [-0.3, -0.25) is 4.99 Å². The Labute approximate surface area is 91.4 Å². The van der Waals surface area contributed by atoms with Crippen LogP contribution in [-0.4, -0.2) is 29.2 Å². The van der Waals surface area contributed by atoms with E-state index in [0.29, 0.717) is 0 Å². The van der Waals surface area contributed by atoms with E-state index in [1.807, 2.05) is 12.3 Å². The van der Waals surface area contributed by atoms with Gasteiger partial charge in [-0.15, -0.1) is 0 Å². The number of nitrogens with zero attached hydrogens (tertiary/aromatic N) is 2. The van der Waals surface area contributed by atoms with Crippen LogP contribution in [0.3, 0.4) is 0 Å². The Morgan fingerprint density at radius 2 is 2.20 bits per heavy atom. The number of nitrogens with two attached hydrogens (primary N) is 1. The Bertz CT molecular complexity index is 344. The van der Waals surface area contributed by atoms with Crippen molar-refractivity contribution in [3.8, 4) is 0 Å². The van der Waals surface area contributed by atoms with Crippen LogP contribution in [0, 0.1) is 0 Å². The average Bonchev–Trinajstić information content (AvgIpc) is 2.16.